The highest BCUT2D eigenvalue weighted by Gasteiger charge is 2.24. The monoisotopic (exact) mass is 496 g/mol. The largest absolute Gasteiger partial charge is 0.454 e. The molecule has 0 radical (unpaired) electrons. The van der Waals surface area contributed by atoms with E-state index >= 15 is 0 Å². The van der Waals surface area contributed by atoms with Gasteiger partial charge < -0.3 is 10.1 Å². The minimum atomic E-state index is -0.991. The summed E-state index contributed by atoms with van der Waals surface area (Å²) in [6, 6.07) is 12.3. The number of hydrogen-bond acceptors (Lipinski definition) is 6. The van der Waals surface area contributed by atoms with Crippen LogP contribution in [0.2, 0.25) is 10.0 Å². The van der Waals surface area contributed by atoms with E-state index in [1.165, 1.54) is 30.0 Å². The third-order valence-electron chi connectivity index (χ3n) is 4.21. The van der Waals surface area contributed by atoms with Crippen LogP contribution < -0.4 is 10.6 Å². The van der Waals surface area contributed by atoms with E-state index in [4.69, 9.17) is 27.9 Å². The molecule has 3 amide bonds. The molecule has 0 heterocycles. The summed E-state index contributed by atoms with van der Waals surface area (Å²) in [4.78, 5) is 48.9. The van der Waals surface area contributed by atoms with Gasteiger partial charge in [0.1, 0.15) is 6.04 Å². The number of ether oxygens (including phenoxy) is 1. The van der Waals surface area contributed by atoms with Crippen molar-refractivity contribution in [3.05, 3.63) is 69.7 Å². The van der Waals surface area contributed by atoms with Gasteiger partial charge in [-0.1, -0.05) is 53.5 Å². The molecule has 0 bridgehead atoms. The minimum Gasteiger partial charge on any atom is -0.454 e. The zero-order chi connectivity index (χ0) is 23.5. The van der Waals surface area contributed by atoms with Crippen LogP contribution in [-0.4, -0.2) is 48.3 Å². The third kappa shape index (κ3) is 8.53. The Morgan fingerprint density at radius 1 is 1.03 bits per heavy atom. The Hall–Kier alpha value is -2.55. The lowest BCUT2D eigenvalue weighted by molar-refractivity contribution is -0.151. The Bertz CT molecular complexity index is 972. The van der Waals surface area contributed by atoms with E-state index < -0.39 is 36.3 Å². The van der Waals surface area contributed by atoms with Gasteiger partial charge in [0.15, 0.2) is 6.61 Å². The van der Waals surface area contributed by atoms with Gasteiger partial charge in [-0.05, 0) is 42.2 Å². The van der Waals surface area contributed by atoms with Gasteiger partial charge in [-0.2, -0.15) is 11.8 Å². The zero-order valence-electron chi connectivity index (χ0n) is 17.2. The quantitative estimate of drug-likeness (QED) is 0.489. The van der Waals surface area contributed by atoms with E-state index in [-0.39, 0.29) is 23.4 Å². The lowest BCUT2D eigenvalue weighted by Crippen LogP contribution is -2.44. The Balaban J connectivity index is 1.90. The number of thioether (sulfide) groups is 1. The Kier molecular flexibility index (Phi) is 10.5. The average molecular weight is 497 g/mol. The van der Waals surface area contributed by atoms with Crippen molar-refractivity contribution in [3.63, 3.8) is 0 Å². The van der Waals surface area contributed by atoms with Crippen LogP contribution in [-0.2, 0) is 25.5 Å². The number of hydrogen-bond donors (Lipinski definition) is 2. The SMILES string of the molecule is CSCCC(NC(=O)c1ccc(Cl)cc1Cl)C(=O)OCC(=O)NC(=O)Cc1ccccc1. The maximum Gasteiger partial charge on any atom is 0.329 e. The summed E-state index contributed by atoms with van der Waals surface area (Å²) < 4.78 is 5.02. The van der Waals surface area contributed by atoms with Crippen molar-refractivity contribution in [2.24, 2.45) is 0 Å². The molecule has 2 aromatic carbocycles. The van der Waals surface area contributed by atoms with Crippen molar-refractivity contribution in [2.75, 3.05) is 18.6 Å². The van der Waals surface area contributed by atoms with Crippen molar-refractivity contribution in [3.8, 4) is 0 Å². The maximum absolute atomic E-state index is 12.5. The molecular weight excluding hydrogens is 475 g/mol. The number of carbonyl (C=O) groups excluding carboxylic acids is 4. The number of benzene rings is 2. The molecule has 32 heavy (non-hydrogen) atoms. The van der Waals surface area contributed by atoms with Crippen LogP contribution in [0, 0.1) is 0 Å². The fourth-order valence-electron chi connectivity index (χ4n) is 2.65. The van der Waals surface area contributed by atoms with Crippen LogP contribution in [0.4, 0.5) is 0 Å². The molecule has 1 unspecified atom stereocenters. The van der Waals surface area contributed by atoms with Crippen LogP contribution in [0.15, 0.2) is 48.5 Å². The van der Waals surface area contributed by atoms with Gasteiger partial charge >= 0.3 is 5.97 Å². The van der Waals surface area contributed by atoms with Crippen LogP contribution in [0.5, 0.6) is 0 Å². The lowest BCUT2D eigenvalue weighted by atomic mass is 10.1. The zero-order valence-corrected chi connectivity index (χ0v) is 19.6. The fourth-order valence-corrected chi connectivity index (χ4v) is 3.61. The second kappa shape index (κ2) is 13.1. The summed E-state index contributed by atoms with van der Waals surface area (Å²) in [5.74, 6) is -2.06. The third-order valence-corrected chi connectivity index (χ3v) is 5.40. The van der Waals surface area contributed by atoms with E-state index in [1.54, 1.807) is 24.3 Å². The van der Waals surface area contributed by atoms with Crippen LogP contribution >= 0.6 is 35.0 Å². The van der Waals surface area contributed by atoms with E-state index in [0.717, 1.165) is 5.56 Å². The number of rotatable bonds is 10. The molecule has 170 valence electrons. The average Bonchev–Trinajstić information content (AvgIpc) is 2.75. The van der Waals surface area contributed by atoms with Crippen molar-refractivity contribution in [1.82, 2.24) is 10.6 Å². The smallest absolute Gasteiger partial charge is 0.329 e. The predicted octanol–water partition coefficient (Wildman–Crippen LogP) is 3.27. The molecule has 2 aromatic rings. The van der Waals surface area contributed by atoms with E-state index in [2.05, 4.69) is 10.6 Å². The summed E-state index contributed by atoms with van der Waals surface area (Å²) in [5, 5.41) is 5.26. The lowest BCUT2D eigenvalue weighted by Gasteiger charge is -2.17. The number of carbonyl (C=O) groups is 4. The molecule has 0 saturated carbocycles. The molecule has 0 saturated heterocycles. The molecule has 0 aliphatic carbocycles. The normalized spacial score (nSPS) is 11.3. The molecule has 0 aromatic heterocycles. The molecule has 0 spiro atoms. The molecule has 1 atom stereocenters. The first-order chi connectivity index (χ1) is 15.3. The van der Waals surface area contributed by atoms with Gasteiger partial charge in [0.25, 0.3) is 11.8 Å². The maximum atomic E-state index is 12.5. The van der Waals surface area contributed by atoms with Crippen molar-refractivity contribution in [1.29, 1.82) is 0 Å². The highest BCUT2D eigenvalue weighted by atomic mass is 35.5. The number of esters is 1. The van der Waals surface area contributed by atoms with Gasteiger partial charge in [0.05, 0.1) is 17.0 Å². The van der Waals surface area contributed by atoms with Crippen LogP contribution in [0.25, 0.3) is 0 Å². The summed E-state index contributed by atoms with van der Waals surface area (Å²) in [5.41, 5.74) is 0.901. The van der Waals surface area contributed by atoms with E-state index in [9.17, 15) is 19.2 Å². The van der Waals surface area contributed by atoms with Crippen molar-refractivity contribution in [2.45, 2.75) is 18.9 Å². The van der Waals surface area contributed by atoms with Gasteiger partial charge in [-0.25, -0.2) is 4.79 Å². The van der Waals surface area contributed by atoms with Crippen molar-refractivity contribution >= 4 is 58.7 Å². The van der Waals surface area contributed by atoms with Gasteiger partial charge in [-0.15, -0.1) is 0 Å². The standard InChI is InChI=1S/C22H22Cl2N2O5S/c1-32-10-9-18(25-21(29)16-8-7-15(23)12-17(16)24)22(30)31-13-20(28)26-19(27)11-14-5-3-2-4-6-14/h2-8,12,18H,9-11,13H2,1H3,(H,25,29)(H,26,27,28). The molecule has 7 nitrogen and oxygen atoms in total. The Morgan fingerprint density at radius 2 is 1.75 bits per heavy atom. The molecule has 0 aliphatic heterocycles. The van der Waals surface area contributed by atoms with Crippen LogP contribution in [0.1, 0.15) is 22.3 Å². The van der Waals surface area contributed by atoms with E-state index in [1.807, 2.05) is 12.3 Å². The topological polar surface area (TPSA) is 102 Å². The molecule has 10 heteroatoms. The van der Waals surface area contributed by atoms with Gasteiger partial charge in [0.2, 0.25) is 5.91 Å². The summed E-state index contributed by atoms with van der Waals surface area (Å²) in [6.07, 6.45) is 2.16. The second-order valence-electron chi connectivity index (χ2n) is 6.67. The number of nitrogens with one attached hydrogen (secondary N) is 2. The van der Waals surface area contributed by atoms with Crippen molar-refractivity contribution < 1.29 is 23.9 Å². The number of amides is 3. The first kappa shape index (κ1) is 25.7. The molecule has 0 aliphatic rings. The highest BCUT2D eigenvalue weighted by molar-refractivity contribution is 7.98. The number of halogens is 2. The Morgan fingerprint density at radius 3 is 2.41 bits per heavy atom. The molecule has 2 N–H and O–H groups in total. The summed E-state index contributed by atoms with van der Waals surface area (Å²) in [7, 11) is 0. The molecule has 0 fully saturated rings. The predicted molar refractivity (Wildman–Crippen MR) is 125 cm³/mol. The summed E-state index contributed by atoms with van der Waals surface area (Å²) in [6.45, 7) is -0.646. The summed E-state index contributed by atoms with van der Waals surface area (Å²) >= 11 is 13.4. The fraction of sp³-hybridized carbons (Fsp3) is 0.273. The molecule has 2 rings (SSSR count). The first-order valence-electron chi connectivity index (χ1n) is 9.58. The molecular formula is C22H22Cl2N2O5S. The number of imide groups is 1. The van der Waals surface area contributed by atoms with Crippen LogP contribution in [0.3, 0.4) is 0 Å². The van der Waals surface area contributed by atoms with E-state index in [0.29, 0.717) is 10.8 Å². The highest BCUT2D eigenvalue weighted by Crippen LogP contribution is 2.21. The van der Waals surface area contributed by atoms with Gasteiger partial charge in [-0.3, -0.25) is 19.7 Å². The van der Waals surface area contributed by atoms with Gasteiger partial charge in [0, 0.05) is 5.02 Å². The Labute approximate surface area is 200 Å². The second-order valence-corrected chi connectivity index (χ2v) is 8.50. The minimum absolute atomic E-state index is 0.0226. The first-order valence-corrected chi connectivity index (χ1v) is 11.7.